The van der Waals surface area contributed by atoms with E-state index in [0.717, 1.165) is 29.6 Å². The van der Waals surface area contributed by atoms with Crippen LogP contribution >= 0.6 is 11.6 Å². The van der Waals surface area contributed by atoms with E-state index in [2.05, 4.69) is 35.5 Å². The van der Waals surface area contributed by atoms with E-state index in [1.54, 1.807) is 0 Å². The first-order valence-electron chi connectivity index (χ1n) is 6.29. The van der Waals surface area contributed by atoms with Crippen molar-refractivity contribution in [2.75, 3.05) is 26.7 Å². The topological polar surface area (TPSA) is 15.3 Å². The van der Waals surface area contributed by atoms with Crippen LogP contribution in [0, 0.1) is 12.8 Å². The van der Waals surface area contributed by atoms with Crippen LogP contribution in [0.2, 0.25) is 5.02 Å². The number of nitrogens with one attached hydrogen (secondary N) is 1. The summed E-state index contributed by atoms with van der Waals surface area (Å²) in [5.41, 5.74) is 2.42. The number of hydrogen-bond donors (Lipinski definition) is 1. The lowest BCUT2D eigenvalue weighted by atomic mass is 10.1. The second kappa shape index (κ2) is 5.85. The molecule has 1 N–H and O–H groups in total. The molecular formula is C14H21ClN2. The molecule has 1 saturated heterocycles. The van der Waals surface area contributed by atoms with Crippen molar-refractivity contribution in [2.45, 2.75) is 19.9 Å². The van der Waals surface area contributed by atoms with Gasteiger partial charge in [-0.2, -0.15) is 0 Å². The smallest absolute Gasteiger partial charge is 0.0438 e. The van der Waals surface area contributed by atoms with E-state index in [4.69, 9.17) is 11.6 Å². The van der Waals surface area contributed by atoms with Crippen LogP contribution in [0.1, 0.15) is 17.5 Å². The van der Waals surface area contributed by atoms with Gasteiger partial charge in [0.25, 0.3) is 0 Å². The van der Waals surface area contributed by atoms with Gasteiger partial charge in [0.2, 0.25) is 0 Å². The fraction of sp³-hybridized carbons (Fsp3) is 0.571. The summed E-state index contributed by atoms with van der Waals surface area (Å²) in [4.78, 5) is 2.40. The van der Waals surface area contributed by atoms with Gasteiger partial charge in [-0.1, -0.05) is 23.7 Å². The highest BCUT2D eigenvalue weighted by Gasteiger charge is 2.18. The Hall–Kier alpha value is -0.570. The third-order valence-corrected chi connectivity index (χ3v) is 3.89. The number of halogens is 1. The van der Waals surface area contributed by atoms with Crippen LogP contribution in [0.25, 0.3) is 0 Å². The van der Waals surface area contributed by atoms with Crippen LogP contribution in [0.15, 0.2) is 18.2 Å². The molecule has 1 aliphatic rings. The standard InChI is InChI=1S/C14H21ClN2/c1-11-3-4-12(7-14(11)15)8-16-9-13-5-6-17(2)10-13/h3-4,7,13,16H,5-6,8-10H2,1-2H3. The molecule has 1 unspecified atom stereocenters. The third kappa shape index (κ3) is 3.70. The monoisotopic (exact) mass is 252 g/mol. The Morgan fingerprint density at radius 2 is 2.29 bits per heavy atom. The lowest BCUT2D eigenvalue weighted by molar-refractivity contribution is 0.388. The first-order chi connectivity index (χ1) is 8.15. The Bertz CT molecular complexity index is 378. The molecule has 1 fully saturated rings. The summed E-state index contributed by atoms with van der Waals surface area (Å²) in [6.07, 6.45) is 1.32. The summed E-state index contributed by atoms with van der Waals surface area (Å²) < 4.78 is 0. The molecule has 1 aromatic carbocycles. The highest BCUT2D eigenvalue weighted by molar-refractivity contribution is 6.31. The zero-order valence-electron chi connectivity index (χ0n) is 10.7. The maximum atomic E-state index is 6.10. The summed E-state index contributed by atoms with van der Waals surface area (Å²) in [6, 6.07) is 6.29. The highest BCUT2D eigenvalue weighted by atomic mass is 35.5. The molecule has 1 heterocycles. The molecule has 2 rings (SSSR count). The maximum absolute atomic E-state index is 6.10. The van der Waals surface area contributed by atoms with Crippen molar-refractivity contribution in [3.05, 3.63) is 34.3 Å². The first kappa shape index (κ1) is 12.9. The fourth-order valence-electron chi connectivity index (χ4n) is 2.36. The van der Waals surface area contributed by atoms with Gasteiger partial charge < -0.3 is 10.2 Å². The Labute approximate surface area is 109 Å². The number of nitrogens with zero attached hydrogens (tertiary/aromatic N) is 1. The van der Waals surface area contributed by atoms with Crippen molar-refractivity contribution in [3.8, 4) is 0 Å². The van der Waals surface area contributed by atoms with Crippen LogP contribution in [-0.2, 0) is 6.54 Å². The zero-order valence-corrected chi connectivity index (χ0v) is 11.4. The van der Waals surface area contributed by atoms with Gasteiger partial charge in [-0.25, -0.2) is 0 Å². The van der Waals surface area contributed by atoms with E-state index in [-0.39, 0.29) is 0 Å². The molecule has 0 aromatic heterocycles. The molecular weight excluding hydrogens is 232 g/mol. The predicted molar refractivity (Wildman–Crippen MR) is 73.5 cm³/mol. The Morgan fingerprint density at radius 3 is 2.94 bits per heavy atom. The average molecular weight is 253 g/mol. The first-order valence-corrected chi connectivity index (χ1v) is 6.67. The van der Waals surface area contributed by atoms with Gasteiger partial charge in [-0.05, 0) is 56.6 Å². The van der Waals surface area contributed by atoms with E-state index >= 15 is 0 Å². The number of rotatable bonds is 4. The summed E-state index contributed by atoms with van der Waals surface area (Å²) in [5, 5.41) is 4.39. The maximum Gasteiger partial charge on any atom is 0.0438 e. The lowest BCUT2D eigenvalue weighted by Crippen LogP contribution is -2.24. The van der Waals surface area contributed by atoms with Crippen molar-refractivity contribution in [1.82, 2.24) is 10.2 Å². The van der Waals surface area contributed by atoms with Gasteiger partial charge in [-0.3, -0.25) is 0 Å². The average Bonchev–Trinajstić information content (AvgIpc) is 2.70. The molecule has 1 aliphatic heterocycles. The zero-order chi connectivity index (χ0) is 12.3. The van der Waals surface area contributed by atoms with E-state index in [1.807, 2.05) is 6.92 Å². The van der Waals surface area contributed by atoms with Crippen LogP contribution < -0.4 is 5.32 Å². The minimum Gasteiger partial charge on any atom is -0.312 e. The Kier molecular flexibility index (Phi) is 4.43. The van der Waals surface area contributed by atoms with E-state index < -0.39 is 0 Å². The molecule has 0 saturated carbocycles. The fourth-order valence-corrected chi connectivity index (χ4v) is 2.56. The van der Waals surface area contributed by atoms with Crippen molar-refractivity contribution >= 4 is 11.6 Å². The Morgan fingerprint density at radius 1 is 1.47 bits per heavy atom. The quantitative estimate of drug-likeness (QED) is 0.887. The molecule has 3 heteroatoms. The normalized spacial score (nSPS) is 21.0. The van der Waals surface area contributed by atoms with Gasteiger partial charge in [0, 0.05) is 18.1 Å². The minimum atomic E-state index is 0.806. The minimum absolute atomic E-state index is 0.806. The summed E-state index contributed by atoms with van der Waals surface area (Å²) >= 11 is 6.10. The molecule has 0 bridgehead atoms. The molecule has 1 atom stereocenters. The Balaban J connectivity index is 1.76. The summed E-state index contributed by atoms with van der Waals surface area (Å²) in [5.74, 6) is 0.806. The predicted octanol–water partition coefficient (Wildman–Crippen LogP) is 2.69. The molecule has 0 aliphatic carbocycles. The number of benzene rings is 1. The van der Waals surface area contributed by atoms with E-state index in [1.165, 1.54) is 25.1 Å². The van der Waals surface area contributed by atoms with Crippen LogP contribution in [-0.4, -0.2) is 31.6 Å². The second-order valence-corrected chi connectivity index (χ2v) is 5.54. The van der Waals surface area contributed by atoms with Gasteiger partial charge >= 0.3 is 0 Å². The number of likely N-dealkylation sites (tertiary alicyclic amines) is 1. The van der Waals surface area contributed by atoms with Crippen molar-refractivity contribution in [3.63, 3.8) is 0 Å². The second-order valence-electron chi connectivity index (χ2n) is 5.13. The van der Waals surface area contributed by atoms with Crippen molar-refractivity contribution in [2.24, 2.45) is 5.92 Å². The van der Waals surface area contributed by atoms with Gasteiger partial charge in [0.05, 0.1) is 0 Å². The van der Waals surface area contributed by atoms with E-state index in [0.29, 0.717) is 0 Å². The van der Waals surface area contributed by atoms with Crippen molar-refractivity contribution < 1.29 is 0 Å². The summed E-state index contributed by atoms with van der Waals surface area (Å²) in [7, 11) is 2.19. The highest BCUT2D eigenvalue weighted by Crippen LogP contribution is 2.17. The molecule has 0 radical (unpaired) electrons. The molecule has 0 spiro atoms. The van der Waals surface area contributed by atoms with E-state index in [9.17, 15) is 0 Å². The molecule has 94 valence electrons. The van der Waals surface area contributed by atoms with Crippen LogP contribution in [0.4, 0.5) is 0 Å². The van der Waals surface area contributed by atoms with Gasteiger partial charge in [-0.15, -0.1) is 0 Å². The SMILES string of the molecule is Cc1ccc(CNCC2CCN(C)C2)cc1Cl. The lowest BCUT2D eigenvalue weighted by Gasteiger charge is -2.12. The van der Waals surface area contributed by atoms with Gasteiger partial charge in [0.1, 0.15) is 0 Å². The van der Waals surface area contributed by atoms with Crippen LogP contribution in [0.3, 0.4) is 0 Å². The molecule has 1 aromatic rings. The number of aryl methyl sites for hydroxylation is 1. The van der Waals surface area contributed by atoms with Gasteiger partial charge in [0.15, 0.2) is 0 Å². The number of hydrogen-bond acceptors (Lipinski definition) is 2. The third-order valence-electron chi connectivity index (χ3n) is 3.49. The van der Waals surface area contributed by atoms with Crippen LogP contribution in [0.5, 0.6) is 0 Å². The molecule has 2 nitrogen and oxygen atoms in total. The molecule has 17 heavy (non-hydrogen) atoms. The largest absolute Gasteiger partial charge is 0.312 e. The molecule has 0 amide bonds. The van der Waals surface area contributed by atoms with Crippen molar-refractivity contribution in [1.29, 1.82) is 0 Å². The summed E-state index contributed by atoms with van der Waals surface area (Å²) in [6.45, 7) is 6.52.